The van der Waals surface area contributed by atoms with Crippen molar-refractivity contribution in [2.24, 2.45) is 0 Å². The molecule has 1 aromatic carbocycles. The van der Waals surface area contributed by atoms with E-state index in [4.69, 9.17) is 9.47 Å². The Morgan fingerprint density at radius 2 is 1.94 bits per heavy atom. The van der Waals surface area contributed by atoms with E-state index in [1.807, 2.05) is 0 Å². The number of hydrogen-bond acceptors (Lipinski definition) is 3. The number of hydrogen-bond donors (Lipinski definition) is 1. The molecule has 1 unspecified atom stereocenters. The van der Waals surface area contributed by atoms with Gasteiger partial charge in [-0.2, -0.15) is 0 Å². The molecule has 1 atom stereocenters. The quantitative estimate of drug-likeness (QED) is 0.762. The van der Waals surface area contributed by atoms with Crippen LogP contribution >= 0.6 is 0 Å². The summed E-state index contributed by atoms with van der Waals surface area (Å²) in [6.07, 6.45) is -4.65. The molecule has 0 aromatic heterocycles. The van der Waals surface area contributed by atoms with Gasteiger partial charge in [-0.3, -0.25) is 0 Å². The van der Waals surface area contributed by atoms with Crippen molar-refractivity contribution in [3.05, 3.63) is 29.8 Å². The standard InChI is InChI=1S/C11H14F2O3/c1-15-6-7-16-9-5-3-2-4-8(9)10(14)11(12)13/h2-5,10-11,14H,6-7H2,1H3. The van der Waals surface area contributed by atoms with Crippen molar-refractivity contribution in [2.45, 2.75) is 12.5 Å². The summed E-state index contributed by atoms with van der Waals surface area (Å²) in [5, 5.41) is 9.27. The van der Waals surface area contributed by atoms with Crippen LogP contribution in [0.3, 0.4) is 0 Å². The SMILES string of the molecule is COCCOc1ccccc1C(O)C(F)F. The highest BCUT2D eigenvalue weighted by Crippen LogP contribution is 2.28. The van der Waals surface area contributed by atoms with Crippen LogP contribution in [0.4, 0.5) is 8.78 Å². The fraction of sp³-hybridized carbons (Fsp3) is 0.455. The number of aliphatic hydroxyl groups is 1. The zero-order chi connectivity index (χ0) is 12.0. The summed E-state index contributed by atoms with van der Waals surface area (Å²) >= 11 is 0. The molecule has 0 radical (unpaired) electrons. The first-order valence-electron chi connectivity index (χ1n) is 4.83. The first-order valence-corrected chi connectivity index (χ1v) is 4.83. The predicted octanol–water partition coefficient (Wildman–Crippen LogP) is 2.01. The summed E-state index contributed by atoms with van der Waals surface area (Å²) in [7, 11) is 1.52. The van der Waals surface area contributed by atoms with Crippen LogP contribution in [0, 0.1) is 0 Å². The molecule has 0 saturated heterocycles. The molecule has 0 spiro atoms. The minimum absolute atomic E-state index is 0.0913. The van der Waals surface area contributed by atoms with Crippen LogP contribution in [-0.4, -0.2) is 31.9 Å². The minimum atomic E-state index is -2.83. The molecular formula is C11H14F2O3. The molecule has 3 nitrogen and oxygen atoms in total. The maximum absolute atomic E-state index is 12.4. The number of ether oxygens (including phenoxy) is 2. The predicted molar refractivity (Wildman–Crippen MR) is 54.8 cm³/mol. The van der Waals surface area contributed by atoms with Crippen molar-refractivity contribution in [3.63, 3.8) is 0 Å². The molecule has 1 N–H and O–H groups in total. The number of halogens is 2. The Labute approximate surface area is 92.6 Å². The molecule has 0 bridgehead atoms. The van der Waals surface area contributed by atoms with Gasteiger partial charge in [0.1, 0.15) is 18.5 Å². The molecule has 16 heavy (non-hydrogen) atoms. The Kier molecular flexibility index (Phi) is 5.14. The molecule has 5 heteroatoms. The van der Waals surface area contributed by atoms with Crippen molar-refractivity contribution < 1.29 is 23.4 Å². The summed E-state index contributed by atoms with van der Waals surface area (Å²) < 4.78 is 34.7. The lowest BCUT2D eigenvalue weighted by Crippen LogP contribution is -2.12. The third kappa shape index (κ3) is 3.43. The van der Waals surface area contributed by atoms with Crippen molar-refractivity contribution in [3.8, 4) is 5.75 Å². The van der Waals surface area contributed by atoms with Crippen molar-refractivity contribution in [2.75, 3.05) is 20.3 Å². The molecule has 0 aliphatic carbocycles. The number of para-hydroxylation sites is 1. The van der Waals surface area contributed by atoms with Crippen LogP contribution in [-0.2, 0) is 4.74 Å². The Morgan fingerprint density at radius 1 is 1.25 bits per heavy atom. The van der Waals surface area contributed by atoms with Gasteiger partial charge < -0.3 is 14.6 Å². The van der Waals surface area contributed by atoms with E-state index in [0.717, 1.165) is 0 Å². The molecule has 1 aromatic rings. The highest BCUT2D eigenvalue weighted by molar-refractivity contribution is 5.35. The Morgan fingerprint density at radius 3 is 2.56 bits per heavy atom. The van der Waals surface area contributed by atoms with E-state index in [9.17, 15) is 13.9 Å². The van der Waals surface area contributed by atoms with Gasteiger partial charge in [0.25, 0.3) is 6.43 Å². The van der Waals surface area contributed by atoms with Gasteiger partial charge >= 0.3 is 0 Å². The third-order valence-corrected chi connectivity index (χ3v) is 2.02. The van der Waals surface area contributed by atoms with Gasteiger partial charge in [-0.15, -0.1) is 0 Å². The van der Waals surface area contributed by atoms with Crippen molar-refractivity contribution in [1.82, 2.24) is 0 Å². The zero-order valence-electron chi connectivity index (χ0n) is 8.90. The van der Waals surface area contributed by atoms with Gasteiger partial charge in [-0.25, -0.2) is 8.78 Å². The van der Waals surface area contributed by atoms with E-state index in [1.165, 1.54) is 19.2 Å². The zero-order valence-corrected chi connectivity index (χ0v) is 8.90. The van der Waals surface area contributed by atoms with Gasteiger partial charge in [0.15, 0.2) is 0 Å². The molecule has 0 amide bonds. The lowest BCUT2D eigenvalue weighted by Gasteiger charge is -2.15. The van der Waals surface area contributed by atoms with E-state index < -0.39 is 12.5 Å². The smallest absolute Gasteiger partial charge is 0.268 e. The molecule has 0 heterocycles. The first kappa shape index (κ1) is 12.9. The van der Waals surface area contributed by atoms with Gasteiger partial charge in [0.2, 0.25) is 0 Å². The number of alkyl halides is 2. The van der Waals surface area contributed by atoms with Crippen LogP contribution < -0.4 is 4.74 Å². The highest BCUT2D eigenvalue weighted by atomic mass is 19.3. The monoisotopic (exact) mass is 232 g/mol. The first-order chi connectivity index (χ1) is 7.66. The summed E-state index contributed by atoms with van der Waals surface area (Å²) in [6, 6.07) is 6.18. The normalized spacial score (nSPS) is 12.8. The van der Waals surface area contributed by atoms with E-state index in [0.29, 0.717) is 6.61 Å². The number of methoxy groups -OCH3 is 1. The Bertz CT molecular complexity index is 318. The molecular weight excluding hydrogens is 218 g/mol. The van der Waals surface area contributed by atoms with Crippen molar-refractivity contribution >= 4 is 0 Å². The largest absolute Gasteiger partial charge is 0.491 e. The highest BCUT2D eigenvalue weighted by Gasteiger charge is 2.22. The summed E-state index contributed by atoms with van der Waals surface area (Å²) in [5.74, 6) is 0.257. The number of benzene rings is 1. The molecule has 0 aliphatic rings. The maximum atomic E-state index is 12.4. The van der Waals surface area contributed by atoms with Gasteiger partial charge in [-0.1, -0.05) is 18.2 Å². The van der Waals surface area contributed by atoms with Gasteiger partial charge in [0, 0.05) is 12.7 Å². The van der Waals surface area contributed by atoms with Crippen LogP contribution in [0.2, 0.25) is 0 Å². The van der Waals surface area contributed by atoms with Crippen molar-refractivity contribution in [1.29, 1.82) is 0 Å². The third-order valence-electron chi connectivity index (χ3n) is 2.02. The van der Waals surface area contributed by atoms with Crippen LogP contribution in [0.25, 0.3) is 0 Å². The molecule has 90 valence electrons. The lowest BCUT2D eigenvalue weighted by molar-refractivity contribution is -0.00752. The fourth-order valence-electron chi connectivity index (χ4n) is 1.23. The fourth-order valence-corrected chi connectivity index (χ4v) is 1.23. The topological polar surface area (TPSA) is 38.7 Å². The Balaban J connectivity index is 2.75. The van der Waals surface area contributed by atoms with E-state index in [-0.39, 0.29) is 17.9 Å². The lowest BCUT2D eigenvalue weighted by atomic mass is 10.1. The van der Waals surface area contributed by atoms with Gasteiger partial charge in [-0.05, 0) is 6.07 Å². The second kappa shape index (κ2) is 6.40. The van der Waals surface area contributed by atoms with Crippen LogP contribution in [0.5, 0.6) is 5.75 Å². The molecule has 0 fully saturated rings. The number of aliphatic hydroxyl groups excluding tert-OH is 1. The summed E-state index contributed by atoms with van der Waals surface area (Å²) in [6.45, 7) is 0.614. The number of rotatable bonds is 6. The molecule has 0 aliphatic heterocycles. The average molecular weight is 232 g/mol. The average Bonchev–Trinajstić information content (AvgIpc) is 2.29. The molecule has 1 rings (SSSR count). The Hall–Kier alpha value is -1.20. The van der Waals surface area contributed by atoms with E-state index in [2.05, 4.69) is 0 Å². The second-order valence-electron chi connectivity index (χ2n) is 3.16. The summed E-state index contributed by atoms with van der Waals surface area (Å²) in [4.78, 5) is 0. The van der Waals surface area contributed by atoms with E-state index >= 15 is 0 Å². The minimum Gasteiger partial charge on any atom is -0.491 e. The molecule has 0 saturated carbocycles. The maximum Gasteiger partial charge on any atom is 0.268 e. The summed E-state index contributed by atoms with van der Waals surface area (Å²) in [5.41, 5.74) is 0.0913. The van der Waals surface area contributed by atoms with E-state index in [1.54, 1.807) is 12.1 Å². The van der Waals surface area contributed by atoms with Crippen LogP contribution in [0.1, 0.15) is 11.7 Å². The van der Waals surface area contributed by atoms with Gasteiger partial charge in [0.05, 0.1) is 6.61 Å². The van der Waals surface area contributed by atoms with Crippen LogP contribution in [0.15, 0.2) is 24.3 Å². The second-order valence-corrected chi connectivity index (χ2v) is 3.16.